The van der Waals surface area contributed by atoms with Crippen LogP contribution in [0.5, 0.6) is 0 Å². The lowest BCUT2D eigenvalue weighted by Gasteiger charge is -2.42. The van der Waals surface area contributed by atoms with Crippen molar-refractivity contribution in [2.45, 2.75) is 44.4 Å². The maximum absolute atomic E-state index is 11.7. The van der Waals surface area contributed by atoms with E-state index in [1.807, 2.05) is 6.92 Å². The molecule has 1 aliphatic carbocycles. The molecular weight excluding hydrogens is 232 g/mol. The molecule has 1 aliphatic heterocycles. The molecule has 1 saturated heterocycles. The number of carbonyl (C=O) groups is 1. The Morgan fingerprint density at radius 1 is 1.50 bits per heavy atom. The molecule has 0 amide bonds. The van der Waals surface area contributed by atoms with Gasteiger partial charge >= 0.3 is 5.97 Å². The van der Waals surface area contributed by atoms with Crippen molar-refractivity contribution < 1.29 is 14.6 Å². The van der Waals surface area contributed by atoms with Crippen molar-refractivity contribution in [1.29, 1.82) is 0 Å². The number of aliphatic carboxylic acids is 1. The van der Waals surface area contributed by atoms with Crippen LogP contribution in [0, 0.1) is 5.92 Å². The fraction of sp³-hybridized carbons (Fsp3) is 0.923. The SMILES string of the molecule is CNC(CN1CC(C)OCC1C)(C(=O)O)C1CC1. The van der Waals surface area contributed by atoms with Crippen molar-refractivity contribution in [2.24, 2.45) is 5.92 Å². The second-order valence-electron chi connectivity index (χ2n) is 5.72. The highest BCUT2D eigenvalue weighted by molar-refractivity contribution is 5.80. The Balaban J connectivity index is 2.10. The van der Waals surface area contributed by atoms with E-state index in [1.165, 1.54) is 0 Å². The largest absolute Gasteiger partial charge is 0.480 e. The van der Waals surface area contributed by atoms with Crippen LogP contribution < -0.4 is 5.32 Å². The number of morpholine rings is 1. The molecule has 2 aliphatic rings. The number of carboxylic acids is 1. The Bertz CT molecular complexity index is 319. The number of carboxylic acid groups (broad SMARTS) is 1. The summed E-state index contributed by atoms with van der Waals surface area (Å²) in [5.41, 5.74) is -0.786. The molecule has 1 heterocycles. The monoisotopic (exact) mass is 256 g/mol. The molecule has 3 unspecified atom stereocenters. The molecule has 2 fully saturated rings. The van der Waals surface area contributed by atoms with Gasteiger partial charge in [-0.2, -0.15) is 0 Å². The first-order chi connectivity index (χ1) is 8.49. The van der Waals surface area contributed by atoms with Gasteiger partial charge in [0.2, 0.25) is 0 Å². The standard InChI is InChI=1S/C13H24N2O3/c1-9-7-18-10(2)6-15(9)8-13(14-3,12(16)17)11-4-5-11/h9-11,14H,4-8H2,1-3H3,(H,16,17). The summed E-state index contributed by atoms with van der Waals surface area (Å²) in [6.07, 6.45) is 2.21. The zero-order valence-electron chi connectivity index (χ0n) is 11.5. The average molecular weight is 256 g/mol. The zero-order valence-corrected chi connectivity index (χ0v) is 11.5. The fourth-order valence-electron chi connectivity index (χ4n) is 2.85. The molecule has 5 nitrogen and oxygen atoms in total. The quantitative estimate of drug-likeness (QED) is 0.752. The third-order valence-electron chi connectivity index (χ3n) is 4.29. The Hall–Kier alpha value is -0.650. The van der Waals surface area contributed by atoms with Crippen LogP contribution in [-0.4, -0.2) is 60.4 Å². The lowest BCUT2D eigenvalue weighted by Crippen LogP contribution is -2.63. The summed E-state index contributed by atoms with van der Waals surface area (Å²) in [4.78, 5) is 13.9. The third kappa shape index (κ3) is 2.53. The van der Waals surface area contributed by atoms with E-state index in [2.05, 4.69) is 17.1 Å². The van der Waals surface area contributed by atoms with Gasteiger partial charge in [0, 0.05) is 19.1 Å². The number of nitrogens with zero attached hydrogens (tertiary/aromatic N) is 1. The molecule has 3 atom stereocenters. The van der Waals surface area contributed by atoms with Crippen LogP contribution in [0.1, 0.15) is 26.7 Å². The summed E-state index contributed by atoms with van der Waals surface area (Å²) in [6, 6.07) is 0.284. The van der Waals surface area contributed by atoms with E-state index < -0.39 is 11.5 Å². The first-order valence-corrected chi connectivity index (χ1v) is 6.77. The van der Waals surface area contributed by atoms with E-state index in [0.717, 1.165) is 19.4 Å². The van der Waals surface area contributed by atoms with Gasteiger partial charge in [-0.3, -0.25) is 9.69 Å². The van der Waals surface area contributed by atoms with Crippen molar-refractivity contribution in [1.82, 2.24) is 10.2 Å². The van der Waals surface area contributed by atoms with Crippen LogP contribution in [0.15, 0.2) is 0 Å². The fourth-order valence-corrected chi connectivity index (χ4v) is 2.85. The lowest BCUT2D eigenvalue weighted by atomic mass is 9.91. The third-order valence-corrected chi connectivity index (χ3v) is 4.29. The minimum absolute atomic E-state index is 0.184. The van der Waals surface area contributed by atoms with Crippen LogP contribution in [-0.2, 0) is 9.53 Å². The van der Waals surface area contributed by atoms with Crippen LogP contribution >= 0.6 is 0 Å². The van der Waals surface area contributed by atoms with E-state index >= 15 is 0 Å². The number of likely N-dealkylation sites (N-methyl/N-ethyl adjacent to an activating group) is 1. The Morgan fingerprint density at radius 3 is 2.67 bits per heavy atom. The van der Waals surface area contributed by atoms with Crippen molar-refractivity contribution in [3.63, 3.8) is 0 Å². The number of hydrogen-bond acceptors (Lipinski definition) is 4. The lowest BCUT2D eigenvalue weighted by molar-refractivity contribution is -0.148. The number of hydrogen-bond donors (Lipinski definition) is 2. The van der Waals surface area contributed by atoms with Crippen molar-refractivity contribution >= 4 is 5.97 Å². The molecule has 18 heavy (non-hydrogen) atoms. The zero-order chi connectivity index (χ0) is 13.3. The van der Waals surface area contributed by atoms with Gasteiger partial charge in [-0.1, -0.05) is 0 Å². The summed E-state index contributed by atoms with van der Waals surface area (Å²) < 4.78 is 5.60. The van der Waals surface area contributed by atoms with E-state index in [-0.39, 0.29) is 18.1 Å². The second kappa shape index (κ2) is 5.15. The smallest absolute Gasteiger partial charge is 0.325 e. The minimum atomic E-state index is -0.786. The molecule has 0 aromatic carbocycles. The Morgan fingerprint density at radius 2 is 2.17 bits per heavy atom. The number of nitrogens with one attached hydrogen (secondary N) is 1. The molecule has 2 rings (SSSR count). The highest BCUT2D eigenvalue weighted by atomic mass is 16.5. The van der Waals surface area contributed by atoms with Crippen LogP contribution in [0.4, 0.5) is 0 Å². The van der Waals surface area contributed by atoms with Crippen molar-refractivity contribution in [2.75, 3.05) is 26.7 Å². The Kier molecular flexibility index (Phi) is 3.94. The van der Waals surface area contributed by atoms with Gasteiger partial charge in [-0.15, -0.1) is 0 Å². The predicted molar refractivity (Wildman–Crippen MR) is 68.6 cm³/mol. The molecule has 0 aromatic heterocycles. The van der Waals surface area contributed by atoms with Crippen LogP contribution in [0.2, 0.25) is 0 Å². The average Bonchev–Trinajstić information content (AvgIpc) is 3.14. The van der Waals surface area contributed by atoms with Crippen LogP contribution in [0.3, 0.4) is 0 Å². The Labute approximate surface area is 108 Å². The second-order valence-corrected chi connectivity index (χ2v) is 5.72. The maximum Gasteiger partial charge on any atom is 0.325 e. The van der Waals surface area contributed by atoms with Gasteiger partial charge in [0.15, 0.2) is 0 Å². The molecular formula is C13H24N2O3. The molecule has 104 valence electrons. The molecule has 0 aromatic rings. The van der Waals surface area contributed by atoms with Gasteiger partial charge in [-0.25, -0.2) is 0 Å². The summed E-state index contributed by atoms with van der Waals surface area (Å²) in [7, 11) is 1.76. The van der Waals surface area contributed by atoms with E-state index in [0.29, 0.717) is 13.2 Å². The molecule has 2 N–H and O–H groups in total. The highest BCUT2D eigenvalue weighted by Crippen LogP contribution is 2.40. The number of ether oxygens (including phenoxy) is 1. The van der Waals surface area contributed by atoms with E-state index in [1.54, 1.807) is 7.05 Å². The maximum atomic E-state index is 11.7. The normalized spacial score (nSPS) is 33.1. The van der Waals surface area contributed by atoms with E-state index in [9.17, 15) is 9.90 Å². The predicted octanol–water partition coefficient (Wildman–Crippen LogP) is 0.548. The summed E-state index contributed by atoms with van der Waals surface area (Å²) >= 11 is 0. The van der Waals surface area contributed by atoms with E-state index in [4.69, 9.17) is 4.74 Å². The molecule has 5 heteroatoms. The minimum Gasteiger partial charge on any atom is -0.480 e. The summed E-state index contributed by atoms with van der Waals surface area (Å²) in [5.74, 6) is -0.454. The number of rotatable bonds is 5. The summed E-state index contributed by atoms with van der Waals surface area (Å²) in [6.45, 7) is 6.20. The molecule has 1 saturated carbocycles. The van der Waals surface area contributed by atoms with Crippen molar-refractivity contribution in [3.8, 4) is 0 Å². The molecule has 0 bridgehead atoms. The first kappa shape index (κ1) is 13.8. The van der Waals surface area contributed by atoms with Crippen LogP contribution in [0.25, 0.3) is 0 Å². The highest BCUT2D eigenvalue weighted by Gasteiger charge is 2.51. The molecule has 0 radical (unpaired) electrons. The summed E-state index contributed by atoms with van der Waals surface area (Å²) in [5, 5.41) is 12.7. The topological polar surface area (TPSA) is 61.8 Å². The van der Waals surface area contributed by atoms with Gasteiger partial charge in [0.05, 0.1) is 12.7 Å². The van der Waals surface area contributed by atoms with Gasteiger partial charge in [0.1, 0.15) is 5.54 Å². The first-order valence-electron chi connectivity index (χ1n) is 6.77. The van der Waals surface area contributed by atoms with Gasteiger partial charge < -0.3 is 15.2 Å². The molecule has 0 spiro atoms. The van der Waals surface area contributed by atoms with Gasteiger partial charge in [0.25, 0.3) is 0 Å². The van der Waals surface area contributed by atoms with Crippen molar-refractivity contribution in [3.05, 3.63) is 0 Å². The van der Waals surface area contributed by atoms with Gasteiger partial charge in [-0.05, 0) is 39.7 Å².